The van der Waals surface area contributed by atoms with Gasteiger partial charge < -0.3 is 9.47 Å². The van der Waals surface area contributed by atoms with Crippen LogP contribution in [-0.2, 0) is 0 Å². The van der Waals surface area contributed by atoms with Crippen LogP contribution in [0.2, 0.25) is 0 Å². The first-order chi connectivity index (χ1) is 27.8. The largest absolute Gasteiger partial charge is 0.337 e. The molecule has 0 fully saturated rings. The summed E-state index contributed by atoms with van der Waals surface area (Å²) in [6.07, 6.45) is 32.9. The van der Waals surface area contributed by atoms with Crippen LogP contribution in [0, 0.1) is 5.92 Å². The van der Waals surface area contributed by atoms with Crippen molar-refractivity contribution in [2.45, 2.75) is 44.1 Å². The second-order valence-corrected chi connectivity index (χ2v) is 15.8. The molecule has 0 saturated carbocycles. The number of fused-ring (bicyclic) bond motifs is 5. The van der Waals surface area contributed by atoms with E-state index in [0.29, 0.717) is 17.9 Å². The number of aromatic nitrogens is 1. The Morgan fingerprint density at radius 1 is 0.554 bits per heavy atom. The molecule has 270 valence electrons. The minimum absolute atomic E-state index is 0.294. The Balaban J connectivity index is 1.07. The summed E-state index contributed by atoms with van der Waals surface area (Å²) in [6, 6.07) is 43.6. The standard InChI is InChI=1S/C54H44N2/c1-5-16-37(17-6-1)40-22-15-25-45(32-40)55-51-27-14-13-26-46(51)48-33-41(28-30-52(48)55)42-29-31-53-49(34-42)50-36-43(38-18-7-2-8-19-38)35-47(39-20-9-3-10-21-39)54(50)56(53)44-23-11-4-12-24-44/h1-9,11-16,18-20,22-27,29,31-37,46,51H,10,17,21,28,30H2. The molecule has 4 aliphatic carbocycles. The smallest absolute Gasteiger partial charge is 0.0626 e. The Kier molecular flexibility index (Phi) is 8.09. The maximum absolute atomic E-state index is 2.65. The molecular formula is C54H44N2. The number of anilines is 1. The third-order valence-corrected chi connectivity index (χ3v) is 12.6. The van der Waals surface area contributed by atoms with E-state index in [1.807, 2.05) is 0 Å². The molecule has 2 nitrogen and oxygen atoms in total. The topological polar surface area (TPSA) is 8.17 Å². The highest BCUT2D eigenvalue weighted by molar-refractivity contribution is 6.14. The Labute approximate surface area is 329 Å². The van der Waals surface area contributed by atoms with Gasteiger partial charge in [0.25, 0.3) is 0 Å². The van der Waals surface area contributed by atoms with Gasteiger partial charge in [-0.05, 0) is 120 Å². The van der Waals surface area contributed by atoms with Gasteiger partial charge in [0.05, 0.1) is 17.1 Å². The number of para-hydroxylation sites is 1. The zero-order valence-electron chi connectivity index (χ0n) is 31.6. The highest BCUT2D eigenvalue weighted by atomic mass is 15.2. The van der Waals surface area contributed by atoms with Gasteiger partial charge in [-0.3, -0.25) is 0 Å². The van der Waals surface area contributed by atoms with E-state index >= 15 is 0 Å². The first-order valence-electron chi connectivity index (χ1n) is 20.4. The van der Waals surface area contributed by atoms with E-state index in [4.69, 9.17) is 0 Å². The van der Waals surface area contributed by atoms with Gasteiger partial charge in [0.1, 0.15) is 0 Å². The van der Waals surface area contributed by atoms with Crippen LogP contribution in [0.4, 0.5) is 5.69 Å². The first-order valence-corrected chi connectivity index (χ1v) is 20.4. The Bertz CT molecular complexity index is 2780. The van der Waals surface area contributed by atoms with Gasteiger partial charge >= 0.3 is 0 Å². The normalized spacial score (nSPS) is 21.1. The lowest BCUT2D eigenvalue weighted by molar-refractivity contribution is 0.680. The molecule has 0 radical (unpaired) electrons. The van der Waals surface area contributed by atoms with Crippen molar-refractivity contribution in [3.8, 4) is 16.8 Å². The SMILES string of the molecule is C1=CCCC(c2cc(-c3ccccc3)cc3c4cc(C5=CC6=C(CC5)N(c5cccc(C7C=CC=CC7)c5)C5C=CC=CC65)ccc4n(-c4ccccc4)c23)=C1. The van der Waals surface area contributed by atoms with Gasteiger partial charge in [-0.1, -0.05) is 140 Å². The average Bonchev–Trinajstić information content (AvgIpc) is 3.79. The van der Waals surface area contributed by atoms with Crippen LogP contribution in [0.3, 0.4) is 0 Å². The highest BCUT2D eigenvalue weighted by Crippen LogP contribution is 2.49. The summed E-state index contributed by atoms with van der Waals surface area (Å²) < 4.78 is 2.51. The number of rotatable bonds is 6. The maximum Gasteiger partial charge on any atom is 0.0626 e. The number of hydrogen-bond acceptors (Lipinski definition) is 1. The maximum atomic E-state index is 2.65. The first kappa shape index (κ1) is 33.0. The van der Waals surface area contributed by atoms with Crippen LogP contribution in [-0.4, -0.2) is 10.6 Å². The van der Waals surface area contributed by atoms with E-state index in [-0.39, 0.29) is 0 Å². The van der Waals surface area contributed by atoms with Crippen molar-refractivity contribution in [1.82, 2.24) is 4.57 Å². The van der Waals surface area contributed by atoms with E-state index in [1.54, 1.807) is 0 Å². The van der Waals surface area contributed by atoms with E-state index in [2.05, 4.69) is 198 Å². The number of nitrogens with zero attached hydrogens (tertiary/aromatic N) is 2. The fourth-order valence-electron chi connectivity index (χ4n) is 9.95. The number of allylic oxidation sites excluding steroid dienone is 13. The van der Waals surface area contributed by atoms with Crippen LogP contribution in [0.15, 0.2) is 199 Å². The minimum Gasteiger partial charge on any atom is -0.337 e. The molecule has 1 aromatic heterocycles. The van der Waals surface area contributed by atoms with Gasteiger partial charge in [-0.25, -0.2) is 0 Å². The molecule has 3 unspecified atom stereocenters. The lowest BCUT2D eigenvalue weighted by Crippen LogP contribution is -2.32. The molecule has 2 heterocycles. The molecule has 0 bridgehead atoms. The zero-order chi connectivity index (χ0) is 37.0. The van der Waals surface area contributed by atoms with E-state index in [9.17, 15) is 0 Å². The van der Waals surface area contributed by atoms with Crippen LogP contribution in [0.25, 0.3) is 49.8 Å². The molecule has 0 spiro atoms. The monoisotopic (exact) mass is 720 g/mol. The second kappa shape index (κ2) is 13.7. The number of hydrogen-bond donors (Lipinski definition) is 0. The van der Waals surface area contributed by atoms with Crippen molar-refractivity contribution in [1.29, 1.82) is 0 Å². The molecule has 0 N–H and O–H groups in total. The summed E-state index contributed by atoms with van der Waals surface area (Å²) in [6.45, 7) is 0. The van der Waals surface area contributed by atoms with Crippen molar-refractivity contribution in [2.24, 2.45) is 5.92 Å². The van der Waals surface area contributed by atoms with Crippen molar-refractivity contribution < 1.29 is 0 Å². The molecule has 6 aromatic rings. The van der Waals surface area contributed by atoms with Crippen LogP contribution in [0.1, 0.15) is 54.7 Å². The zero-order valence-corrected chi connectivity index (χ0v) is 31.6. The molecule has 5 aromatic carbocycles. The quantitative estimate of drug-likeness (QED) is 0.166. The van der Waals surface area contributed by atoms with E-state index < -0.39 is 0 Å². The molecule has 2 heteroatoms. The van der Waals surface area contributed by atoms with Gasteiger partial charge in [-0.15, -0.1) is 0 Å². The fraction of sp³-hybridized carbons (Fsp3) is 0.148. The van der Waals surface area contributed by atoms with E-state index in [1.165, 1.54) is 83.4 Å². The molecule has 56 heavy (non-hydrogen) atoms. The van der Waals surface area contributed by atoms with Gasteiger partial charge in [0.2, 0.25) is 0 Å². The fourth-order valence-corrected chi connectivity index (χ4v) is 9.95. The third-order valence-electron chi connectivity index (χ3n) is 12.6. The summed E-state index contributed by atoms with van der Waals surface area (Å²) in [4.78, 5) is 2.65. The second-order valence-electron chi connectivity index (χ2n) is 15.8. The van der Waals surface area contributed by atoms with Crippen molar-refractivity contribution >= 4 is 38.6 Å². The highest BCUT2D eigenvalue weighted by Gasteiger charge is 2.40. The Hall–Kier alpha value is -6.38. The predicted octanol–water partition coefficient (Wildman–Crippen LogP) is 13.8. The molecule has 0 amide bonds. The van der Waals surface area contributed by atoms with E-state index in [0.717, 1.165) is 32.1 Å². The molecule has 0 saturated heterocycles. The van der Waals surface area contributed by atoms with Crippen molar-refractivity contribution in [3.63, 3.8) is 0 Å². The molecule has 3 atom stereocenters. The molecule has 11 rings (SSSR count). The van der Waals surface area contributed by atoms with Gasteiger partial charge in [-0.2, -0.15) is 0 Å². The van der Waals surface area contributed by atoms with Crippen LogP contribution >= 0.6 is 0 Å². The summed E-state index contributed by atoms with van der Waals surface area (Å²) in [5, 5.41) is 2.62. The lowest BCUT2D eigenvalue weighted by atomic mass is 9.84. The number of benzene rings is 5. The minimum atomic E-state index is 0.294. The molecule has 5 aliphatic rings. The predicted molar refractivity (Wildman–Crippen MR) is 237 cm³/mol. The molecular weight excluding hydrogens is 677 g/mol. The van der Waals surface area contributed by atoms with Crippen LogP contribution in [0.5, 0.6) is 0 Å². The average molecular weight is 721 g/mol. The summed E-state index contributed by atoms with van der Waals surface area (Å²) >= 11 is 0. The van der Waals surface area contributed by atoms with Crippen LogP contribution < -0.4 is 4.90 Å². The van der Waals surface area contributed by atoms with Gasteiger partial charge in [0.15, 0.2) is 0 Å². The summed E-state index contributed by atoms with van der Waals surface area (Å²) in [5.74, 6) is 0.772. The van der Waals surface area contributed by atoms with Gasteiger partial charge in [0, 0.05) is 45.2 Å². The summed E-state index contributed by atoms with van der Waals surface area (Å²) in [7, 11) is 0. The third kappa shape index (κ3) is 5.55. The summed E-state index contributed by atoms with van der Waals surface area (Å²) in [5.41, 5.74) is 17.4. The molecule has 1 aliphatic heterocycles. The van der Waals surface area contributed by atoms with Crippen molar-refractivity contribution in [2.75, 3.05) is 4.90 Å². The van der Waals surface area contributed by atoms with Crippen molar-refractivity contribution in [3.05, 3.63) is 216 Å². The Morgan fingerprint density at radius 3 is 2.21 bits per heavy atom. The lowest BCUT2D eigenvalue weighted by Gasteiger charge is -2.32. The Morgan fingerprint density at radius 2 is 1.38 bits per heavy atom.